The van der Waals surface area contributed by atoms with E-state index in [-0.39, 0.29) is 11.7 Å². The van der Waals surface area contributed by atoms with Crippen molar-refractivity contribution in [1.82, 2.24) is 9.80 Å². The predicted molar refractivity (Wildman–Crippen MR) is 136 cm³/mol. The number of nitrogens with one attached hydrogen (secondary N) is 1. The van der Waals surface area contributed by atoms with Crippen LogP contribution in [0.4, 0.5) is 0 Å². The van der Waals surface area contributed by atoms with E-state index in [0.717, 1.165) is 25.2 Å². The molecule has 1 saturated heterocycles. The number of piperazine rings is 1. The number of amides is 1. The van der Waals surface area contributed by atoms with Crippen molar-refractivity contribution in [3.63, 3.8) is 0 Å². The summed E-state index contributed by atoms with van der Waals surface area (Å²) >= 11 is 0. The molecule has 0 bridgehead atoms. The fourth-order valence-electron chi connectivity index (χ4n) is 3.84. The van der Waals surface area contributed by atoms with Gasteiger partial charge in [0, 0.05) is 44.4 Å². The number of carbonyl (C=O) groups is 2. The zero-order chi connectivity index (χ0) is 24.6. The van der Waals surface area contributed by atoms with E-state index in [0.29, 0.717) is 30.0 Å². The lowest BCUT2D eigenvalue weighted by molar-refractivity contribution is -0.127. The minimum atomic E-state index is -0.486. The number of nitrogens with two attached hydrogens (primary N) is 1. The number of amidine groups is 1. The molecular weight excluding hydrogens is 440 g/mol. The van der Waals surface area contributed by atoms with Gasteiger partial charge in [0.05, 0.1) is 5.56 Å². The number of rotatable bonds is 7. The number of nitrogens with zero attached hydrogens (tertiary/aromatic N) is 2. The van der Waals surface area contributed by atoms with Crippen LogP contribution in [0.25, 0.3) is 6.08 Å². The number of esters is 1. The van der Waals surface area contributed by atoms with Crippen LogP contribution in [-0.4, -0.2) is 53.7 Å². The van der Waals surface area contributed by atoms with E-state index in [9.17, 15) is 9.59 Å². The summed E-state index contributed by atoms with van der Waals surface area (Å²) in [7, 11) is 0. The SMILES string of the molecule is N=C(N)c1ccc(OC(=O)c2ccc(C=CC(=O)N3CCN(Cc4ccccc4)CC3)cc2)cc1. The molecule has 178 valence electrons. The lowest BCUT2D eigenvalue weighted by atomic mass is 10.1. The van der Waals surface area contributed by atoms with Crippen LogP contribution in [0.15, 0.2) is 84.9 Å². The Morgan fingerprint density at radius 1 is 0.857 bits per heavy atom. The lowest BCUT2D eigenvalue weighted by Crippen LogP contribution is -2.47. The molecule has 0 aliphatic carbocycles. The first-order valence-electron chi connectivity index (χ1n) is 11.5. The second-order valence-electron chi connectivity index (χ2n) is 8.37. The average molecular weight is 469 g/mol. The minimum absolute atomic E-state index is 0.0122. The Labute approximate surface area is 204 Å². The second-order valence-corrected chi connectivity index (χ2v) is 8.37. The zero-order valence-corrected chi connectivity index (χ0v) is 19.4. The van der Waals surface area contributed by atoms with Crippen molar-refractivity contribution in [1.29, 1.82) is 5.41 Å². The molecule has 0 unspecified atom stereocenters. The quantitative estimate of drug-likeness (QED) is 0.182. The smallest absolute Gasteiger partial charge is 0.343 e. The zero-order valence-electron chi connectivity index (χ0n) is 19.4. The van der Waals surface area contributed by atoms with E-state index >= 15 is 0 Å². The van der Waals surface area contributed by atoms with E-state index in [2.05, 4.69) is 17.0 Å². The van der Waals surface area contributed by atoms with Gasteiger partial charge in [0.1, 0.15) is 11.6 Å². The highest BCUT2D eigenvalue weighted by Gasteiger charge is 2.19. The Morgan fingerprint density at radius 3 is 2.11 bits per heavy atom. The Bertz CT molecular complexity index is 1200. The summed E-state index contributed by atoms with van der Waals surface area (Å²) in [5.74, 6) is -0.170. The van der Waals surface area contributed by atoms with Gasteiger partial charge in [-0.25, -0.2) is 4.79 Å². The maximum atomic E-state index is 12.6. The van der Waals surface area contributed by atoms with E-state index in [1.165, 1.54) is 5.56 Å². The molecule has 1 fully saturated rings. The van der Waals surface area contributed by atoms with Crippen molar-refractivity contribution in [2.45, 2.75) is 6.54 Å². The highest BCUT2D eigenvalue weighted by atomic mass is 16.5. The van der Waals surface area contributed by atoms with E-state index in [4.69, 9.17) is 15.9 Å². The highest BCUT2D eigenvalue weighted by Crippen LogP contribution is 2.15. The summed E-state index contributed by atoms with van der Waals surface area (Å²) in [5, 5.41) is 7.41. The first-order valence-corrected chi connectivity index (χ1v) is 11.5. The third-order valence-electron chi connectivity index (χ3n) is 5.87. The van der Waals surface area contributed by atoms with Crippen molar-refractivity contribution in [3.05, 3.63) is 107 Å². The number of nitrogen functional groups attached to an aromatic ring is 1. The van der Waals surface area contributed by atoms with Crippen molar-refractivity contribution in [3.8, 4) is 5.75 Å². The van der Waals surface area contributed by atoms with Gasteiger partial charge in [0.2, 0.25) is 5.91 Å². The molecule has 7 heteroatoms. The summed E-state index contributed by atoms with van der Waals surface area (Å²) in [5.41, 5.74) is 8.50. The van der Waals surface area contributed by atoms with Crippen LogP contribution in [0.3, 0.4) is 0 Å². The Balaban J connectivity index is 1.26. The molecule has 4 rings (SSSR count). The van der Waals surface area contributed by atoms with Crippen LogP contribution in [-0.2, 0) is 11.3 Å². The minimum Gasteiger partial charge on any atom is -0.423 e. The van der Waals surface area contributed by atoms with E-state index < -0.39 is 5.97 Å². The predicted octanol–water partition coefficient (Wildman–Crippen LogP) is 3.55. The van der Waals surface area contributed by atoms with Crippen molar-refractivity contribution >= 4 is 23.8 Å². The maximum Gasteiger partial charge on any atom is 0.343 e. The molecule has 3 N–H and O–H groups in total. The molecule has 1 aliphatic rings. The number of hydrogen-bond acceptors (Lipinski definition) is 5. The van der Waals surface area contributed by atoms with Gasteiger partial charge < -0.3 is 15.4 Å². The molecule has 0 atom stereocenters. The molecule has 0 spiro atoms. The van der Waals surface area contributed by atoms with Crippen LogP contribution in [0.2, 0.25) is 0 Å². The van der Waals surface area contributed by atoms with Crippen LogP contribution < -0.4 is 10.5 Å². The van der Waals surface area contributed by atoms with E-state index in [1.807, 2.05) is 23.1 Å². The average Bonchev–Trinajstić information content (AvgIpc) is 2.89. The number of hydrogen-bond donors (Lipinski definition) is 2. The molecule has 35 heavy (non-hydrogen) atoms. The van der Waals surface area contributed by atoms with Crippen molar-refractivity contribution in [2.24, 2.45) is 5.73 Å². The first-order chi connectivity index (χ1) is 17.0. The van der Waals surface area contributed by atoms with Gasteiger partial charge in [0.15, 0.2) is 0 Å². The Hall–Kier alpha value is -4.23. The van der Waals surface area contributed by atoms with Crippen LogP contribution in [0.5, 0.6) is 5.75 Å². The van der Waals surface area contributed by atoms with Crippen LogP contribution >= 0.6 is 0 Å². The molecule has 0 aromatic heterocycles. The second kappa shape index (κ2) is 11.3. The monoisotopic (exact) mass is 468 g/mol. The molecule has 0 saturated carbocycles. The van der Waals surface area contributed by atoms with Gasteiger partial charge in [-0.2, -0.15) is 0 Å². The van der Waals surface area contributed by atoms with Crippen LogP contribution in [0, 0.1) is 5.41 Å². The molecule has 1 aliphatic heterocycles. The van der Waals surface area contributed by atoms with Crippen LogP contribution in [0.1, 0.15) is 27.0 Å². The molecule has 0 radical (unpaired) electrons. The standard InChI is InChI=1S/C28H28N4O3/c29-27(30)23-11-13-25(14-12-23)35-28(34)24-9-6-21(7-10-24)8-15-26(33)32-18-16-31(17-19-32)20-22-4-2-1-3-5-22/h1-15H,16-20H2,(H3,29,30). The summed E-state index contributed by atoms with van der Waals surface area (Å²) in [6.07, 6.45) is 3.34. The number of ether oxygens (including phenoxy) is 1. The lowest BCUT2D eigenvalue weighted by Gasteiger charge is -2.34. The van der Waals surface area contributed by atoms with E-state index in [1.54, 1.807) is 60.7 Å². The number of benzene rings is 3. The van der Waals surface area contributed by atoms with Crippen molar-refractivity contribution < 1.29 is 14.3 Å². The third kappa shape index (κ3) is 6.65. The molecule has 3 aromatic carbocycles. The normalized spacial score (nSPS) is 14.1. The fourth-order valence-corrected chi connectivity index (χ4v) is 3.84. The van der Waals surface area contributed by atoms with Gasteiger partial charge in [0.25, 0.3) is 0 Å². The van der Waals surface area contributed by atoms with Gasteiger partial charge in [-0.15, -0.1) is 0 Å². The van der Waals surface area contributed by atoms with Gasteiger partial charge >= 0.3 is 5.97 Å². The molecule has 1 heterocycles. The topological polar surface area (TPSA) is 99.7 Å². The van der Waals surface area contributed by atoms with Gasteiger partial charge in [-0.05, 0) is 53.6 Å². The Kier molecular flexibility index (Phi) is 7.70. The third-order valence-corrected chi connectivity index (χ3v) is 5.87. The van der Waals surface area contributed by atoms with Crippen molar-refractivity contribution in [2.75, 3.05) is 26.2 Å². The first kappa shape index (κ1) is 23.9. The van der Waals surface area contributed by atoms with Gasteiger partial charge in [-0.1, -0.05) is 42.5 Å². The number of carbonyl (C=O) groups excluding carboxylic acids is 2. The summed E-state index contributed by atoms with van der Waals surface area (Å²) < 4.78 is 5.37. The summed E-state index contributed by atoms with van der Waals surface area (Å²) in [4.78, 5) is 29.2. The summed E-state index contributed by atoms with van der Waals surface area (Å²) in [6.45, 7) is 4.01. The fraction of sp³-hybridized carbons (Fsp3) is 0.179. The Morgan fingerprint density at radius 2 is 1.49 bits per heavy atom. The maximum absolute atomic E-state index is 12.6. The molecule has 3 aromatic rings. The highest BCUT2D eigenvalue weighted by molar-refractivity contribution is 5.95. The largest absolute Gasteiger partial charge is 0.423 e. The molecule has 7 nitrogen and oxygen atoms in total. The molecule has 1 amide bonds. The summed E-state index contributed by atoms with van der Waals surface area (Å²) in [6, 6.07) is 23.7. The van der Waals surface area contributed by atoms with Gasteiger partial charge in [-0.3, -0.25) is 15.1 Å². The molecular formula is C28H28N4O3.